The van der Waals surface area contributed by atoms with Gasteiger partial charge >= 0.3 is 12.3 Å². The Balaban J connectivity index is 1.05. The largest absolute Gasteiger partial charge is 0.433 e. The van der Waals surface area contributed by atoms with E-state index in [9.17, 15) is 43.2 Å². The molecule has 2 amide bonds. The molecular weight excluding hydrogens is 669 g/mol. The lowest BCUT2D eigenvalue weighted by molar-refractivity contribution is -0.333. The van der Waals surface area contributed by atoms with Crippen LogP contribution >= 0.6 is 0 Å². The van der Waals surface area contributed by atoms with Gasteiger partial charge in [-0.1, -0.05) is 0 Å². The van der Waals surface area contributed by atoms with Crippen molar-refractivity contribution in [3.63, 3.8) is 0 Å². The topological polar surface area (TPSA) is 181 Å². The first kappa shape index (κ1) is 39.8. The fourth-order valence-corrected chi connectivity index (χ4v) is 6.74. The number of hydrogen-bond donors (Lipinski definition) is 6. The van der Waals surface area contributed by atoms with Crippen molar-refractivity contribution in [1.82, 2.24) is 15.1 Å². The van der Waals surface area contributed by atoms with Crippen molar-refractivity contribution in [3.8, 4) is 0 Å². The fourth-order valence-electron chi connectivity index (χ4n) is 6.74. The normalized spacial score (nSPS) is 29.0. The molecule has 0 aromatic carbocycles. The first-order valence-corrected chi connectivity index (χ1v) is 17.0. The third kappa shape index (κ3) is 10.3. The Morgan fingerprint density at radius 2 is 1.55 bits per heavy atom. The highest BCUT2D eigenvalue weighted by Gasteiger charge is 2.64. The number of ether oxygens (including phenoxy) is 3. The van der Waals surface area contributed by atoms with Crippen LogP contribution in [0, 0.1) is 17.8 Å². The summed E-state index contributed by atoms with van der Waals surface area (Å²) in [6, 6.07) is 0. The van der Waals surface area contributed by atoms with Crippen molar-refractivity contribution in [1.29, 1.82) is 0 Å². The van der Waals surface area contributed by atoms with Crippen molar-refractivity contribution >= 4 is 12.0 Å². The molecule has 18 heteroatoms. The Bertz CT molecular complexity index is 1050. The molecule has 0 radical (unpaired) electrons. The van der Waals surface area contributed by atoms with Gasteiger partial charge in [0.15, 0.2) is 0 Å². The molecule has 4 aliphatic rings. The number of hydrogen-bond acceptors (Lipinski definition) is 11. The number of rotatable bonds is 16. The number of alkyl halides is 5. The molecular formula is C31H50F5N3O10. The number of piperidine rings is 1. The van der Waals surface area contributed by atoms with Crippen LogP contribution < -0.4 is 5.32 Å². The van der Waals surface area contributed by atoms with Crippen molar-refractivity contribution in [3.05, 3.63) is 0 Å². The van der Waals surface area contributed by atoms with Gasteiger partial charge in [-0.05, 0) is 31.6 Å². The average Bonchev–Trinajstić information content (AvgIpc) is 3.02. The minimum Gasteiger partial charge on any atom is -0.428 e. The molecule has 1 saturated carbocycles. The van der Waals surface area contributed by atoms with E-state index in [2.05, 4.69) is 10.1 Å². The lowest BCUT2D eigenvalue weighted by Gasteiger charge is -2.43. The van der Waals surface area contributed by atoms with Crippen molar-refractivity contribution in [2.24, 2.45) is 17.8 Å². The number of nitrogens with zero attached hydrogens (tertiary/aromatic N) is 2. The number of halogens is 5. The van der Waals surface area contributed by atoms with E-state index < -0.39 is 86.5 Å². The molecule has 6 atom stereocenters. The summed E-state index contributed by atoms with van der Waals surface area (Å²) in [4.78, 5) is 27.8. The monoisotopic (exact) mass is 719 g/mol. The average molecular weight is 720 g/mol. The molecule has 3 heterocycles. The molecule has 2 unspecified atom stereocenters. The molecule has 0 bridgehead atoms. The number of aliphatic hydroxyl groups excluding tert-OH is 5. The summed E-state index contributed by atoms with van der Waals surface area (Å²) < 4.78 is 85.0. The highest BCUT2D eigenvalue weighted by atomic mass is 19.4. The number of nitrogens with one attached hydrogen (secondary N) is 1. The predicted octanol–water partition coefficient (Wildman–Crippen LogP) is 0.292. The van der Waals surface area contributed by atoms with Gasteiger partial charge in [0.25, 0.3) is 5.60 Å². The van der Waals surface area contributed by atoms with E-state index in [1.165, 1.54) is 9.80 Å². The quantitative estimate of drug-likeness (QED) is 0.0954. The van der Waals surface area contributed by atoms with Crippen LogP contribution in [0.5, 0.6) is 0 Å². The van der Waals surface area contributed by atoms with Crippen LogP contribution in [0.2, 0.25) is 0 Å². The maximum Gasteiger partial charge on any atom is 0.433 e. The lowest BCUT2D eigenvalue weighted by atomic mass is 9.81. The van der Waals surface area contributed by atoms with Gasteiger partial charge in [-0.2, -0.15) is 13.2 Å². The van der Waals surface area contributed by atoms with Crippen molar-refractivity contribution in [2.75, 3.05) is 65.7 Å². The van der Waals surface area contributed by atoms with Gasteiger partial charge in [-0.15, -0.1) is 0 Å². The van der Waals surface area contributed by atoms with Crippen LogP contribution in [-0.2, 0) is 19.0 Å². The summed E-state index contributed by atoms with van der Waals surface area (Å²) in [5, 5.41) is 50.6. The summed E-state index contributed by atoms with van der Waals surface area (Å²) in [5.74, 6) is -1.17. The van der Waals surface area contributed by atoms with E-state index in [1.54, 1.807) is 0 Å². The van der Waals surface area contributed by atoms with E-state index in [4.69, 9.17) is 14.6 Å². The summed E-state index contributed by atoms with van der Waals surface area (Å²) in [7, 11) is 0. The van der Waals surface area contributed by atoms with Gasteiger partial charge in [0.05, 0.1) is 32.0 Å². The van der Waals surface area contributed by atoms with Gasteiger partial charge in [-0.3, -0.25) is 4.79 Å². The first-order chi connectivity index (χ1) is 23.1. The third-order valence-corrected chi connectivity index (χ3v) is 10.2. The maximum atomic E-state index is 15.0. The molecule has 13 nitrogen and oxygen atoms in total. The standard InChI is InChI=1S/C31H50F5N3O10/c32-22-8-20(48-7-1-2-18-3-5-38(6-4-18)29(46)49-30(16-47-17-30)31(34,35)36)9-23(33)21(22)10-26(43)39-13-19(14-39)11-37-12-24(41)27(44)28(45)25(42)15-40/h18-25,27-28,37,40-42,44-45H,1-17H2/t20?,21?,22?,23?,24-,25+,27+,28+/m0/s1. The van der Waals surface area contributed by atoms with E-state index in [0.717, 1.165) is 6.42 Å². The summed E-state index contributed by atoms with van der Waals surface area (Å²) in [5.41, 5.74) is -2.58. The maximum absolute atomic E-state index is 15.0. The molecule has 0 aromatic heterocycles. The second-order valence-corrected chi connectivity index (χ2v) is 13.9. The molecule has 284 valence electrons. The van der Waals surface area contributed by atoms with Gasteiger partial charge in [-0.25, -0.2) is 13.6 Å². The molecule has 4 rings (SSSR count). The third-order valence-electron chi connectivity index (χ3n) is 10.2. The Kier molecular flexibility index (Phi) is 14.3. The van der Waals surface area contributed by atoms with Gasteiger partial charge in [0.2, 0.25) is 5.91 Å². The van der Waals surface area contributed by atoms with Gasteiger partial charge < -0.3 is 54.9 Å². The molecule has 0 spiro atoms. The molecule has 3 aliphatic heterocycles. The van der Waals surface area contributed by atoms with E-state index >= 15 is 8.78 Å². The Morgan fingerprint density at radius 1 is 0.939 bits per heavy atom. The summed E-state index contributed by atoms with van der Waals surface area (Å²) >= 11 is 0. The van der Waals surface area contributed by atoms with E-state index in [0.29, 0.717) is 38.9 Å². The fraction of sp³-hybridized carbons (Fsp3) is 0.935. The van der Waals surface area contributed by atoms with E-state index in [1.807, 2.05) is 0 Å². The van der Waals surface area contributed by atoms with Crippen molar-refractivity contribution in [2.45, 2.75) is 99.6 Å². The summed E-state index contributed by atoms with van der Waals surface area (Å²) in [6.45, 7) is -0.377. The van der Waals surface area contributed by atoms with Crippen LogP contribution in [0.4, 0.5) is 26.7 Å². The zero-order chi connectivity index (χ0) is 35.9. The number of carbonyl (C=O) groups is 2. The highest BCUT2D eigenvalue weighted by Crippen LogP contribution is 2.40. The molecule has 3 saturated heterocycles. The lowest BCUT2D eigenvalue weighted by Crippen LogP contribution is -2.64. The van der Waals surface area contributed by atoms with Crippen LogP contribution in [0.1, 0.15) is 44.9 Å². The van der Waals surface area contributed by atoms with Crippen LogP contribution in [0.3, 0.4) is 0 Å². The molecule has 4 fully saturated rings. The smallest absolute Gasteiger partial charge is 0.428 e. The Morgan fingerprint density at radius 3 is 2.10 bits per heavy atom. The summed E-state index contributed by atoms with van der Waals surface area (Å²) in [6.07, 6.45) is -13.6. The number of likely N-dealkylation sites (tertiary alicyclic amines) is 2. The zero-order valence-electron chi connectivity index (χ0n) is 27.4. The van der Waals surface area contributed by atoms with Gasteiger partial charge in [0.1, 0.15) is 30.7 Å². The molecule has 1 aliphatic carbocycles. The number of amides is 2. The molecule has 0 aromatic rings. The zero-order valence-corrected chi connectivity index (χ0v) is 27.4. The second kappa shape index (κ2) is 17.5. The minimum absolute atomic E-state index is 0.0198. The first-order valence-electron chi connectivity index (χ1n) is 17.0. The van der Waals surface area contributed by atoms with Crippen LogP contribution in [-0.4, -0.2) is 168 Å². The molecule has 6 N–H and O–H groups in total. The Hall–Kier alpha value is -1.93. The van der Waals surface area contributed by atoms with Gasteiger partial charge in [0, 0.05) is 77.0 Å². The molecule has 49 heavy (non-hydrogen) atoms. The highest BCUT2D eigenvalue weighted by molar-refractivity contribution is 5.77. The Labute approximate surface area is 281 Å². The van der Waals surface area contributed by atoms with Crippen LogP contribution in [0.15, 0.2) is 0 Å². The SMILES string of the molecule is O=C(CC1C(F)CC(OCCCC2CCN(C(=O)OC3(C(F)(F)F)COC3)CC2)CC1F)N1CC(CNC[C@H](O)[C@@H](O)[C@H](O)[C@H](O)CO)C1. The van der Waals surface area contributed by atoms with Crippen molar-refractivity contribution < 1.29 is 71.3 Å². The van der Waals surface area contributed by atoms with Crippen LogP contribution in [0.25, 0.3) is 0 Å². The minimum atomic E-state index is -4.71. The van der Waals surface area contributed by atoms with E-state index in [-0.39, 0.29) is 63.2 Å². The number of aliphatic hydroxyl groups is 5. The number of carbonyl (C=O) groups excluding carboxylic acids is 2. The second-order valence-electron chi connectivity index (χ2n) is 13.9. The predicted molar refractivity (Wildman–Crippen MR) is 161 cm³/mol.